The van der Waals surface area contributed by atoms with Crippen molar-refractivity contribution in [1.82, 2.24) is 9.36 Å². The summed E-state index contributed by atoms with van der Waals surface area (Å²) in [7, 11) is 0. The second kappa shape index (κ2) is 4.26. The number of nitrogens with zero attached hydrogens (tertiary/aromatic N) is 2. The summed E-state index contributed by atoms with van der Waals surface area (Å²) in [5.41, 5.74) is 0.998. The van der Waals surface area contributed by atoms with E-state index < -0.39 is 0 Å². The van der Waals surface area contributed by atoms with Crippen LogP contribution in [0.2, 0.25) is 5.28 Å². The van der Waals surface area contributed by atoms with Gasteiger partial charge in [-0.3, -0.25) is 0 Å². The first kappa shape index (κ1) is 10.5. The lowest BCUT2D eigenvalue weighted by Crippen LogP contribution is -1.78. The Kier molecular flexibility index (Phi) is 3.21. The fourth-order valence-electron chi connectivity index (χ4n) is 0.978. The summed E-state index contributed by atoms with van der Waals surface area (Å²) in [4.78, 5) is 4.10. The topological polar surface area (TPSA) is 25.8 Å². The predicted molar refractivity (Wildman–Crippen MR) is 65.8 cm³/mol. The smallest absolute Gasteiger partial charge is 0.205 e. The first-order valence-corrected chi connectivity index (χ1v) is 6.35. The summed E-state index contributed by atoms with van der Waals surface area (Å²) in [6.07, 6.45) is 0. The van der Waals surface area contributed by atoms with E-state index >= 15 is 0 Å². The van der Waals surface area contributed by atoms with Gasteiger partial charge >= 0.3 is 0 Å². The molecule has 1 heterocycles. The third-order valence-corrected chi connectivity index (χ3v) is 3.73. The number of benzene rings is 1. The first-order valence-electron chi connectivity index (χ1n) is 3.61. The molecule has 1 aromatic carbocycles. The van der Waals surface area contributed by atoms with Crippen LogP contribution in [0.5, 0.6) is 0 Å². The molecule has 0 amide bonds. The number of hydrogen-bond donors (Lipinski definition) is 0. The maximum atomic E-state index is 5.66. The molecule has 0 spiro atoms. The van der Waals surface area contributed by atoms with Crippen molar-refractivity contribution in [2.24, 2.45) is 0 Å². The molecular weight excluding hydrogens is 351 g/mol. The van der Waals surface area contributed by atoms with Gasteiger partial charge in [-0.05, 0) is 41.3 Å². The molecule has 0 atom stereocenters. The standard InChI is InChI=1S/C8H3Br2ClN2S/c9-4-1-2-5(6(10)3-4)7-12-8(11)13-14-7/h1-3H. The van der Waals surface area contributed by atoms with Crippen LogP contribution in [0.4, 0.5) is 0 Å². The highest BCUT2D eigenvalue weighted by molar-refractivity contribution is 9.11. The summed E-state index contributed by atoms with van der Waals surface area (Å²) in [6, 6.07) is 5.88. The molecule has 1 aromatic heterocycles. The molecule has 0 saturated heterocycles. The van der Waals surface area contributed by atoms with Gasteiger partial charge in [0.05, 0.1) is 0 Å². The molecule has 0 aliphatic carbocycles. The van der Waals surface area contributed by atoms with Crippen LogP contribution in [-0.4, -0.2) is 9.36 Å². The van der Waals surface area contributed by atoms with E-state index in [9.17, 15) is 0 Å². The van der Waals surface area contributed by atoms with Crippen molar-refractivity contribution in [2.75, 3.05) is 0 Å². The van der Waals surface area contributed by atoms with E-state index in [0.717, 1.165) is 19.5 Å². The normalized spacial score (nSPS) is 10.5. The van der Waals surface area contributed by atoms with E-state index in [1.807, 2.05) is 18.2 Å². The van der Waals surface area contributed by atoms with Crippen LogP contribution in [0.15, 0.2) is 27.1 Å². The Labute approximate surface area is 107 Å². The highest BCUT2D eigenvalue weighted by atomic mass is 79.9. The Balaban J connectivity index is 2.52. The van der Waals surface area contributed by atoms with Gasteiger partial charge in [-0.1, -0.05) is 31.9 Å². The molecule has 6 heteroatoms. The third kappa shape index (κ3) is 2.16. The van der Waals surface area contributed by atoms with Gasteiger partial charge in [-0.25, -0.2) is 4.98 Å². The van der Waals surface area contributed by atoms with Crippen LogP contribution >= 0.6 is 55.0 Å². The van der Waals surface area contributed by atoms with Crippen LogP contribution in [0, 0.1) is 0 Å². The molecule has 0 N–H and O–H groups in total. The zero-order valence-corrected chi connectivity index (χ0v) is 11.4. The second-order valence-corrected chi connectivity index (χ2v) is 5.35. The first-order chi connectivity index (χ1) is 6.66. The molecule has 0 saturated carbocycles. The van der Waals surface area contributed by atoms with Crippen molar-refractivity contribution in [2.45, 2.75) is 0 Å². The third-order valence-electron chi connectivity index (χ3n) is 1.56. The second-order valence-electron chi connectivity index (χ2n) is 2.49. The van der Waals surface area contributed by atoms with Crippen molar-refractivity contribution in [3.63, 3.8) is 0 Å². The summed E-state index contributed by atoms with van der Waals surface area (Å²) in [5, 5.41) is 1.11. The van der Waals surface area contributed by atoms with Gasteiger partial charge in [0.1, 0.15) is 5.01 Å². The predicted octanol–water partition coefficient (Wildman–Crippen LogP) is 4.38. The van der Waals surface area contributed by atoms with Crippen molar-refractivity contribution in [3.8, 4) is 10.6 Å². The molecule has 14 heavy (non-hydrogen) atoms. The minimum absolute atomic E-state index is 0.291. The lowest BCUT2D eigenvalue weighted by molar-refractivity contribution is 1.33. The quantitative estimate of drug-likeness (QED) is 0.759. The Morgan fingerprint density at radius 2 is 2.07 bits per heavy atom. The van der Waals surface area contributed by atoms with Gasteiger partial charge in [-0.2, -0.15) is 4.37 Å². The van der Waals surface area contributed by atoms with Crippen molar-refractivity contribution in [1.29, 1.82) is 0 Å². The Hall–Kier alpha value is 0.0300. The zero-order chi connectivity index (χ0) is 10.1. The largest absolute Gasteiger partial charge is 0.234 e. The van der Waals surface area contributed by atoms with Crippen molar-refractivity contribution >= 4 is 55.0 Å². The summed E-state index contributed by atoms with van der Waals surface area (Å²) in [5.74, 6) is 0. The van der Waals surface area contributed by atoms with Gasteiger partial charge in [0.2, 0.25) is 5.28 Å². The van der Waals surface area contributed by atoms with E-state index in [1.165, 1.54) is 11.5 Å². The van der Waals surface area contributed by atoms with Crippen LogP contribution < -0.4 is 0 Å². The Bertz CT molecular complexity index is 472. The molecule has 0 aliphatic heterocycles. The molecule has 0 radical (unpaired) electrons. The summed E-state index contributed by atoms with van der Waals surface area (Å²) in [6.45, 7) is 0. The summed E-state index contributed by atoms with van der Waals surface area (Å²) < 4.78 is 5.91. The highest BCUT2D eigenvalue weighted by Gasteiger charge is 2.08. The lowest BCUT2D eigenvalue weighted by Gasteiger charge is -1.99. The maximum Gasteiger partial charge on any atom is 0.234 e. The number of aromatic nitrogens is 2. The molecular formula is C8H3Br2ClN2S. The van der Waals surface area contributed by atoms with Gasteiger partial charge in [0, 0.05) is 14.5 Å². The van der Waals surface area contributed by atoms with Gasteiger partial charge in [0.15, 0.2) is 0 Å². The molecule has 0 fully saturated rings. The van der Waals surface area contributed by atoms with Crippen LogP contribution in [0.25, 0.3) is 10.6 Å². The molecule has 0 bridgehead atoms. The minimum atomic E-state index is 0.291. The van der Waals surface area contributed by atoms with Gasteiger partial charge in [0.25, 0.3) is 0 Å². The average Bonchev–Trinajstić information content (AvgIpc) is 2.51. The molecule has 2 rings (SSSR count). The Morgan fingerprint density at radius 3 is 2.64 bits per heavy atom. The number of rotatable bonds is 1. The number of hydrogen-bond acceptors (Lipinski definition) is 3. The van der Waals surface area contributed by atoms with E-state index in [4.69, 9.17) is 11.6 Å². The lowest BCUT2D eigenvalue weighted by atomic mass is 10.2. The molecule has 72 valence electrons. The molecule has 2 nitrogen and oxygen atoms in total. The van der Waals surface area contributed by atoms with E-state index in [0.29, 0.717) is 5.28 Å². The molecule has 0 aliphatic rings. The highest BCUT2D eigenvalue weighted by Crippen LogP contribution is 2.32. The van der Waals surface area contributed by atoms with E-state index in [-0.39, 0.29) is 0 Å². The zero-order valence-electron chi connectivity index (χ0n) is 6.67. The van der Waals surface area contributed by atoms with Crippen molar-refractivity contribution < 1.29 is 0 Å². The average molecular weight is 354 g/mol. The minimum Gasteiger partial charge on any atom is -0.205 e. The molecule has 0 unspecified atom stereocenters. The fraction of sp³-hybridized carbons (Fsp3) is 0. The Morgan fingerprint density at radius 1 is 1.29 bits per heavy atom. The van der Waals surface area contributed by atoms with Gasteiger partial charge in [-0.15, -0.1) is 0 Å². The number of halogens is 3. The summed E-state index contributed by atoms with van der Waals surface area (Å²) >= 11 is 13.8. The van der Waals surface area contributed by atoms with Gasteiger partial charge < -0.3 is 0 Å². The maximum absolute atomic E-state index is 5.66. The van der Waals surface area contributed by atoms with E-state index in [1.54, 1.807) is 0 Å². The molecule has 2 aromatic rings. The van der Waals surface area contributed by atoms with Crippen molar-refractivity contribution in [3.05, 3.63) is 32.4 Å². The monoisotopic (exact) mass is 352 g/mol. The fourth-order valence-corrected chi connectivity index (χ4v) is 3.19. The van der Waals surface area contributed by atoms with Crippen LogP contribution in [0.3, 0.4) is 0 Å². The SMILES string of the molecule is Clc1nsc(-c2ccc(Br)cc2Br)n1. The van der Waals surface area contributed by atoms with E-state index in [2.05, 4.69) is 41.2 Å². The van der Waals surface area contributed by atoms with Crippen LogP contribution in [0.1, 0.15) is 0 Å². The van der Waals surface area contributed by atoms with Crippen LogP contribution in [-0.2, 0) is 0 Å².